The molecule has 46 heavy (non-hydrogen) atoms. The van der Waals surface area contributed by atoms with Gasteiger partial charge in [0, 0.05) is 24.8 Å². The molecule has 2 amide bonds. The topological polar surface area (TPSA) is 162 Å². The Bertz CT molecular complexity index is 1800. The van der Waals surface area contributed by atoms with Gasteiger partial charge >= 0.3 is 16.2 Å². The van der Waals surface area contributed by atoms with Crippen molar-refractivity contribution in [2.24, 2.45) is 17.6 Å². The van der Waals surface area contributed by atoms with Crippen LogP contribution < -0.4 is 14.3 Å². The average molecular weight is 655 g/mol. The van der Waals surface area contributed by atoms with Crippen LogP contribution in [-0.4, -0.2) is 128 Å². The van der Waals surface area contributed by atoms with Crippen LogP contribution in [0.1, 0.15) is 19.4 Å². The Morgan fingerprint density at radius 1 is 1.07 bits per heavy atom. The Balaban J connectivity index is 1.19. The minimum atomic E-state index is -4.12. The third-order valence-corrected chi connectivity index (χ3v) is 13.3. The van der Waals surface area contributed by atoms with Gasteiger partial charge in [0.1, 0.15) is 45.0 Å². The largest absolute Gasteiger partial charge is 0.477 e. The maximum Gasteiger partial charge on any atom is 0.352 e. The third kappa shape index (κ3) is 4.44. The van der Waals surface area contributed by atoms with Crippen molar-refractivity contribution in [3.8, 4) is 0 Å². The normalized spacial score (nSPS) is 31.7. The fourth-order valence-corrected chi connectivity index (χ4v) is 10.2. The maximum absolute atomic E-state index is 14.2. The number of amides is 2. The Hall–Kier alpha value is -3.72. The number of aliphatic hydroxyl groups excluding tert-OH is 1. The molecule has 2 aromatic carbocycles. The number of benzene rings is 2. The first-order chi connectivity index (χ1) is 21.7. The summed E-state index contributed by atoms with van der Waals surface area (Å²) < 4.78 is 32.6. The van der Waals surface area contributed by atoms with Crippen molar-refractivity contribution in [2.45, 2.75) is 32.4 Å². The minimum absolute atomic E-state index is 0.195. The van der Waals surface area contributed by atoms with E-state index in [1.807, 2.05) is 18.2 Å². The molecule has 246 valence electrons. The molecule has 0 radical (unpaired) electrons. The Kier molecular flexibility index (Phi) is 6.98. The number of rotatable bonds is 9. The summed E-state index contributed by atoms with van der Waals surface area (Å²) in [5.74, 6) is -3.18. The second kappa shape index (κ2) is 10.4. The molecule has 2 bridgehead atoms. The first-order valence-corrected chi connectivity index (χ1v) is 17.4. The van der Waals surface area contributed by atoms with Gasteiger partial charge in [-0.15, -0.1) is 0 Å². The molecule has 6 aliphatic rings. The second-order valence-corrected chi connectivity index (χ2v) is 15.9. The SMILES string of the molecule is CC(O)C1C(=O)N2C(C(=O)O)=C(CN3c4cccc5cc(CC[N+]67CC[N+](CC(N)=O)(CC6)CC7)cc(c45)N(C)S3(=O)=O)C(C)C12. The van der Waals surface area contributed by atoms with Gasteiger partial charge in [-0.25, -0.2) is 9.10 Å². The molecule has 8 rings (SSSR count). The summed E-state index contributed by atoms with van der Waals surface area (Å²) in [6.45, 7) is 10.2. The molecule has 4 atom stereocenters. The van der Waals surface area contributed by atoms with E-state index < -0.39 is 46.1 Å². The number of aliphatic hydroxyl groups is 1. The number of carbonyl (C=O) groups excluding carboxylic acids is 2. The third-order valence-electron chi connectivity index (χ3n) is 11.6. The van der Waals surface area contributed by atoms with Crippen LogP contribution in [0.5, 0.6) is 0 Å². The lowest BCUT2D eigenvalue weighted by atomic mass is 9.78. The van der Waals surface area contributed by atoms with Gasteiger partial charge in [-0.2, -0.15) is 8.42 Å². The number of hydrogen-bond acceptors (Lipinski definition) is 6. The number of carbonyl (C=O) groups is 3. The van der Waals surface area contributed by atoms with E-state index in [4.69, 9.17) is 5.73 Å². The Labute approximate surface area is 268 Å². The molecule has 4 unspecified atom stereocenters. The average Bonchev–Trinajstić information content (AvgIpc) is 3.25. The van der Waals surface area contributed by atoms with Crippen LogP contribution in [0.15, 0.2) is 41.6 Å². The number of carboxylic acid groups (broad SMARTS) is 1. The summed E-state index contributed by atoms with van der Waals surface area (Å²) in [4.78, 5) is 38.2. The van der Waals surface area contributed by atoms with E-state index >= 15 is 0 Å². The highest BCUT2D eigenvalue weighted by Gasteiger charge is 2.60. The first kappa shape index (κ1) is 30.9. The predicted octanol–water partition coefficient (Wildman–Crippen LogP) is 0.226. The standard InChI is InChI=1S/C32H40N6O7S/c1-19-23(30(32(42)43)36-29(19)27(20(2)39)31(36)41)17-35-24-6-4-5-22-15-21(16-25(28(22)24)34(3)46(35,44)45)7-8-37-9-12-38(13-10-37,14-11-37)18-26(33)40/h4-6,15-16,19-20,27,29,39H,7-14,17-18H2,1-3H3,(H-2,33,40,42,43)/p+2. The van der Waals surface area contributed by atoms with Crippen molar-refractivity contribution in [3.05, 3.63) is 47.2 Å². The van der Waals surface area contributed by atoms with Crippen molar-refractivity contribution in [3.63, 3.8) is 0 Å². The van der Waals surface area contributed by atoms with Crippen molar-refractivity contribution in [1.29, 1.82) is 0 Å². The van der Waals surface area contributed by atoms with Crippen molar-refractivity contribution < 1.29 is 42.0 Å². The van der Waals surface area contributed by atoms with Crippen LogP contribution in [0.2, 0.25) is 0 Å². The molecule has 6 heterocycles. The number of fused-ring (bicyclic) bond motifs is 4. The lowest BCUT2D eigenvalue weighted by Crippen LogP contribution is -2.76. The lowest BCUT2D eigenvalue weighted by molar-refractivity contribution is -1.08. The zero-order valence-corrected chi connectivity index (χ0v) is 27.2. The van der Waals surface area contributed by atoms with Crippen LogP contribution in [0.25, 0.3) is 10.8 Å². The van der Waals surface area contributed by atoms with Gasteiger partial charge in [-0.3, -0.25) is 13.9 Å². The molecule has 0 aliphatic carbocycles. The molecule has 6 aliphatic heterocycles. The van der Waals surface area contributed by atoms with E-state index in [-0.39, 0.29) is 18.1 Å². The van der Waals surface area contributed by atoms with E-state index in [9.17, 15) is 33.0 Å². The molecular weight excluding hydrogens is 612 g/mol. The molecule has 2 aromatic rings. The second-order valence-electron chi connectivity index (χ2n) is 14.0. The number of hydrogen-bond donors (Lipinski definition) is 3. The summed E-state index contributed by atoms with van der Waals surface area (Å²) in [6.07, 6.45) is -0.169. The molecule has 4 saturated heterocycles. The smallest absolute Gasteiger partial charge is 0.352 e. The van der Waals surface area contributed by atoms with Crippen molar-refractivity contribution in [2.75, 3.05) is 74.6 Å². The number of anilines is 2. The number of quaternary nitrogens is 2. The highest BCUT2D eigenvalue weighted by atomic mass is 32.2. The summed E-state index contributed by atoms with van der Waals surface area (Å²) >= 11 is 0. The van der Waals surface area contributed by atoms with Crippen molar-refractivity contribution in [1.82, 2.24) is 4.90 Å². The number of primary amides is 1. The number of aliphatic carboxylic acids is 1. The van der Waals surface area contributed by atoms with Crippen LogP contribution >= 0.6 is 0 Å². The van der Waals surface area contributed by atoms with E-state index in [2.05, 4.69) is 6.07 Å². The molecule has 4 N–H and O–H groups in total. The number of nitrogens with two attached hydrogens (primary N) is 1. The summed E-state index contributed by atoms with van der Waals surface area (Å²) in [6, 6.07) is 9.07. The summed E-state index contributed by atoms with van der Waals surface area (Å²) in [5, 5.41) is 22.0. The number of carboxylic acids is 1. The van der Waals surface area contributed by atoms with Gasteiger partial charge in [0.2, 0.25) is 5.91 Å². The molecular formula is C32H42N6O7S+2. The van der Waals surface area contributed by atoms with Gasteiger partial charge in [0.15, 0.2) is 6.54 Å². The fourth-order valence-electron chi connectivity index (χ4n) is 8.83. The number of β-lactam (4-membered cyclic amide) rings is 1. The summed E-state index contributed by atoms with van der Waals surface area (Å²) in [5.41, 5.74) is 7.77. The quantitative estimate of drug-likeness (QED) is 0.258. The molecule has 14 heteroatoms. The highest BCUT2D eigenvalue weighted by Crippen LogP contribution is 2.49. The number of piperazine rings is 3. The zero-order chi connectivity index (χ0) is 32.9. The molecule has 0 saturated carbocycles. The van der Waals surface area contributed by atoms with Crippen molar-refractivity contribution >= 4 is 50.1 Å². The van der Waals surface area contributed by atoms with Gasteiger partial charge in [-0.05, 0) is 35.6 Å². The van der Waals surface area contributed by atoms with E-state index in [1.165, 1.54) is 27.5 Å². The molecule has 0 spiro atoms. The first-order valence-electron chi connectivity index (χ1n) is 16.0. The monoisotopic (exact) mass is 654 g/mol. The van der Waals surface area contributed by atoms with Gasteiger partial charge < -0.3 is 29.8 Å². The van der Waals surface area contributed by atoms with E-state index in [0.29, 0.717) is 23.5 Å². The summed E-state index contributed by atoms with van der Waals surface area (Å²) in [7, 11) is -2.59. The minimum Gasteiger partial charge on any atom is -0.477 e. The molecule has 13 nitrogen and oxygen atoms in total. The van der Waals surface area contributed by atoms with Crippen LogP contribution in [0.4, 0.5) is 11.4 Å². The molecule has 0 aromatic heterocycles. The highest BCUT2D eigenvalue weighted by molar-refractivity contribution is 7.94. The van der Waals surface area contributed by atoms with Crippen LogP contribution in [0, 0.1) is 11.8 Å². The predicted molar refractivity (Wildman–Crippen MR) is 171 cm³/mol. The van der Waals surface area contributed by atoms with Gasteiger partial charge in [0.25, 0.3) is 5.91 Å². The number of nitrogens with zero attached hydrogens (tertiary/aromatic N) is 5. The Morgan fingerprint density at radius 2 is 1.72 bits per heavy atom. The van der Waals surface area contributed by atoms with E-state index in [1.54, 1.807) is 13.0 Å². The van der Waals surface area contributed by atoms with Crippen LogP contribution in [-0.2, 0) is 31.0 Å². The fraction of sp³-hybridized carbons (Fsp3) is 0.531. The van der Waals surface area contributed by atoms with Crippen LogP contribution in [0.3, 0.4) is 0 Å². The Morgan fingerprint density at radius 3 is 2.33 bits per heavy atom. The lowest BCUT2D eigenvalue weighted by Gasteiger charge is -2.55. The van der Waals surface area contributed by atoms with E-state index in [0.717, 1.165) is 77.5 Å². The van der Waals surface area contributed by atoms with Gasteiger partial charge in [-0.1, -0.05) is 25.1 Å². The molecule has 4 fully saturated rings. The maximum atomic E-state index is 14.2. The zero-order valence-electron chi connectivity index (χ0n) is 26.4. The van der Waals surface area contributed by atoms with Gasteiger partial charge in [0.05, 0.1) is 42.5 Å².